The third-order valence-electron chi connectivity index (χ3n) is 3.68. The Hall–Kier alpha value is -1.93. The third-order valence-corrected chi connectivity index (χ3v) is 3.68. The van der Waals surface area contributed by atoms with Crippen LogP contribution in [0.2, 0.25) is 0 Å². The summed E-state index contributed by atoms with van der Waals surface area (Å²) in [5, 5.41) is 8.67. The van der Waals surface area contributed by atoms with Gasteiger partial charge in [0.05, 0.1) is 23.7 Å². The first-order valence-corrected chi connectivity index (χ1v) is 7.17. The van der Waals surface area contributed by atoms with Crippen molar-refractivity contribution in [2.45, 2.75) is 38.7 Å². The lowest BCUT2D eigenvalue weighted by Crippen LogP contribution is -2.29. The number of hydrogen-bond donors (Lipinski definition) is 0. The summed E-state index contributed by atoms with van der Waals surface area (Å²) in [6.45, 7) is 2.63. The van der Waals surface area contributed by atoms with Crippen LogP contribution < -0.4 is 4.74 Å². The Labute approximate surface area is 123 Å². The SMILES string of the molecule is CCOC1CCC(C(=O)Oc2ccc(C#N)cc2F)CC1. The molecule has 112 valence electrons. The largest absolute Gasteiger partial charge is 0.423 e. The van der Waals surface area contributed by atoms with Gasteiger partial charge in [0, 0.05) is 6.61 Å². The van der Waals surface area contributed by atoms with Gasteiger partial charge in [-0.25, -0.2) is 4.39 Å². The zero-order chi connectivity index (χ0) is 15.2. The first-order chi connectivity index (χ1) is 10.1. The van der Waals surface area contributed by atoms with Gasteiger partial charge in [0.15, 0.2) is 11.6 Å². The van der Waals surface area contributed by atoms with Gasteiger partial charge in [-0.2, -0.15) is 5.26 Å². The lowest BCUT2D eigenvalue weighted by Gasteiger charge is -2.26. The second-order valence-electron chi connectivity index (χ2n) is 5.11. The molecule has 1 aromatic carbocycles. The summed E-state index contributed by atoms with van der Waals surface area (Å²) in [5.41, 5.74) is 0.199. The van der Waals surface area contributed by atoms with E-state index in [0.717, 1.165) is 18.9 Å². The van der Waals surface area contributed by atoms with Gasteiger partial charge in [0.25, 0.3) is 0 Å². The van der Waals surface area contributed by atoms with Crippen LogP contribution >= 0.6 is 0 Å². The topological polar surface area (TPSA) is 59.3 Å². The van der Waals surface area contributed by atoms with Gasteiger partial charge in [0.1, 0.15) is 0 Å². The highest BCUT2D eigenvalue weighted by molar-refractivity contribution is 5.75. The van der Waals surface area contributed by atoms with E-state index in [1.807, 2.05) is 13.0 Å². The van der Waals surface area contributed by atoms with E-state index in [1.165, 1.54) is 12.1 Å². The number of benzene rings is 1. The van der Waals surface area contributed by atoms with E-state index >= 15 is 0 Å². The molecule has 0 amide bonds. The van der Waals surface area contributed by atoms with Crippen LogP contribution in [-0.4, -0.2) is 18.7 Å². The maximum atomic E-state index is 13.7. The minimum atomic E-state index is -0.689. The van der Waals surface area contributed by atoms with Crippen LogP contribution in [0.3, 0.4) is 0 Å². The van der Waals surface area contributed by atoms with Crippen LogP contribution in [0.5, 0.6) is 5.75 Å². The van der Waals surface area contributed by atoms with Gasteiger partial charge >= 0.3 is 5.97 Å². The number of esters is 1. The number of nitriles is 1. The van der Waals surface area contributed by atoms with Crippen LogP contribution in [0.25, 0.3) is 0 Å². The lowest BCUT2D eigenvalue weighted by atomic mass is 9.87. The summed E-state index contributed by atoms with van der Waals surface area (Å²) >= 11 is 0. The number of ether oxygens (including phenoxy) is 2. The second-order valence-corrected chi connectivity index (χ2v) is 5.11. The minimum Gasteiger partial charge on any atom is -0.423 e. The van der Waals surface area contributed by atoms with Crippen molar-refractivity contribution in [3.8, 4) is 11.8 Å². The molecule has 0 radical (unpaired) electrons. The molecule has 1 aromatic rings. The molecular weight excluding hydrogens is 273 g/mol. The van der Waals surface area contributed by atoms with Gasteiger partial charge in [-0.15, -0.1) is 0 Å². The molecule has 0 atom stereocenters. The summed E-state index contributed by atoms with van der Waals surface area (Å²) in [6.07, 6.45) is 3.25. The third kappa shape index (κ3) is 4.02. The fourth-order valence-corrected chi connectivity index (χ4v) is 2.55. The Balaban J connectivity index is 1.92. The zero-order valence-corrected chi connectivity index (χ0v) is 12.0. The summed E-state index contributed by atoms with van der Waals surface area (Å²) in [4.78, 5) is 12.0. The Morgan fingerprint density at radius 2 is 2.10 bits per heavy atom. The van der Waals surface area contributed by atoms with E-state index in [1.54, 1.807) is 0 Å². The number of hydrogen-bond acceptors (Lipinski definition) is 4. The molecule has 21 heavy (non-hydrogen) atoms. The number of nitrogens with zero attached hydrogens (tertiary/aromatic N) is 1. The molecule has 0 spiro atoms. The Kier molecular flexibility index (Phi) is 5.29. The molecule has 0 aliphatic heterocycles. The highest BCUT2D eigenvalue weighted by atomic mass is 19.1. The molecule has 2 rings (SSSR count). The summed E-state index contributed by atoms with van der Waals surface area (Å²) in [5.74, 6) is -1.43. The van der Waals surface area contributed by atoms with Crippen LogP contribution in [0.15, 0.2) is 18.2 Å². The molecule has 0 aromatic heterocycles. The van der Waals surface area contributed by atoms with Gasteiger partial charge in [-0.1, -0.05) is 0 Å². The maximum absolute atomic E-state index is 13.7. The predicted octanol–water partition coefficient (Wildman–Crippen LogP) is 3.20. The Morgan fingerprint density at radius 3 is 2.67 bits per heavy atom. The molecule has 5 heteroatoms. The Bertz CT molecular complexity index is 545. The van der Waals surface area contributed by atoms with E-state index < -0.39 is 11.8 Å². The average Bonchev–Trinajstić information content (AvgIpc) is 2.50. The van der Waals surface area contributed by atoms with Gasteiger partial charge < -0.3 is 9.47 Å². The highest BCUT2D eigenvalue weighted by Crippen LogP contribution is 2.28. The van der Waals surface area contributed by atoms with E-state index in [4.69, 9.17) is 14.7 Å². The van der Waals surface area contributed by atoms with Crippen molar-refractivity contribution in [2.75, 3.05) is 6.61 Å². The molecule has 0 bridgehead atoms. The van der Waals surface area contributed by atoms with E-state index in [0.29, 0.717) is 19.4 Å². The molecule has 0 heterocycles. The molecule has 0 unspecified atom stereocenters. The summed E-state index contributed by atoms with van der Waals surface area (Å²) in [7, 11) is 0. The fraction of sp³-hybridized carbons (Fsp3) is 0.500. The number of carbonyl (C=O) groups excluding carboxylic acids is 1. The van der Waals surface area contributed by atoms with Crippen molar-refractivity contribution in [2.24, 2.45) is 5.92 Å². The quantitative estimate of drug-likeness (QED) is 0.631. The average molecular weight is 291 g/mol. The van der Waals surface area contributed by atoms with Crippen molar-refractivity contribution in [1.29, 1.82) is 5.26 Å². The number of rotatable bonds is 4. The van der Waals surface area contributed by atoms with Crippen LogP contribution in [-0.2, 0) is 9.53 Å². The second kappa shape index (κ2) is 7.19. The van der Waals surface area contributed by atoms with Crippen LogP contribution in [0.4, 0.5) is 4.39 Å². The zero-order valence-electron chi connectivity index (χ0n) is 12.0. The Morgan fingerprint density at radius 1 is 1.38 bits per heavy atom. The minimum absolute atomic E-state index is 0.120. The number of halogens is 1. The van der Waals surface area contributed by atoms with Gasteiger partial charge in [-0.05, 0) is 50.8 Å². The van der Waals surface area contributed by atoms with Crippen molar-refractivity contribution in [1.82, 2.24) is 0 Å². The normalized spacial score (nSPS) is 21.6. The van der Waals surface area contributed by atoms with E-state index in [9.17, 15) is 9.18 Å². The van der Waals surface area contributed by atoms with Crippen molar-refractivity contribution in [3.05, 3.63) is 29.6 Å². The number of carbonyl (C=O) groups is 1. The van der Waals surface area contributed by atoms with Gasteiger partial charge in [0.2, 0.25) is 0 Å². The molecule has 1 fully saturated rings. The van der Waals surface area contributed by atoms with E-state index in [2.05, 4.69) is 0 Å². The highest BCUT2D eigenvalue weighted by Gasteiger charge is 2.28. The molecule has 4 nitrogen and oxygen atoms in total. The van der Waals surface area contributed by atoms with E-state index in [-0.39, 0.29) is 23.3 Å². The van der Waals surface area contributed by atoms with Crippen molar-refractivity contribution < 1.29 is 18.7 Å². The monoisotopic (exact) mass is 291 g/mol. The molecule has 1 saturated carbocycles. The molecular formula is C16H18FNO3. The van der Waals surface area contributed by atoms with Crippen molar-refractivity contribution in [3.63, 3.8) is 0 Å². The first kappa shape index (κ1) is 15.5. The van der Waals surface area contributed by atoms with Crippen LogP contribution in [0.1, 0.15) is 38.2 Å². The van der Waals surface area contributed by atoms with Crippen LogP contribution in [0, 0.1) is 23.1 Å². The molecule has 1 aliphatic rings. The fourth-order valence-electron chi connectivity index (χ4n) is 2.55. The maximum Gasteiger partial charge on any atom is 0.314 e. The predicted molar refractivity (Wildman–Crippen MR) is 74.1 cm³/mol. The lowest BCUT2D eigenvalue weighted by molar-refractivity contribution is -0.141. The molecule has 1 aliphatic carbocycles. The summed E-state index contributed by atoms with van der Waals surface area (Å²) < 4.78 is 24.3. The summed E-state index contributed by atoms with van der Waals surface area (Å²) in [6, 6.07) is 5.64. The first-order valence-electron chi connectivity index (χ1n) is 7.17. The smallest absolute Gasteiger partial charge is 0.314 e. The molecule has 0 saturated heterocycles. The van der Waals surface area contributed by atoms with Gasteiger partial charge in [-0.3, -0.25) is 4.79 Å². The van der Waals surface area contributed by atoms with Crippen molar-refractivity contribution >= 4 is 5.97 Å². The molecule has 0 N–H and O–H groups in total. The standard InChI is InChI=1S/C16H18FNO3/c1-2-20-13-6-4-12(5-7-13)16(19)21-15-8-3-11(10-18)9-14(15)17/h3,8-9,12-13H,2,4-7H2,1H3.